The van der Waals surface area contributed by atoms with E-state index in [1.165, 1.54) is 4.90 Å². The number of nitrogens with zero attached hydrogens (tertiary/aromatic N) is 2. The van der Waals surface area contributed by atoms with Crippen LogP contribution in [0.15, 0.2) is 4.99 Å². The molecule has 0 spiro atoms. The van der Waals surface area contributed by atoms with Crippen LogP contribution in [0.4, 0.5) is 0 Å². The highest BCUT2D eigenvalue weighted by atomic mass is 16.4. The number of rotatable bonds is 7. The smallest absolute Gasteiger partial charge is 0.326 e. The Bertz CT molecular complexity index is 367. The van der Waals surface area contributed by atoms with Gasteiger partial charge in [-0.2, -0.15) is 0 Å². The van der Waals surface area contributed by atoms with Crippen molar-refractivity contribution in [1.82, 2.24) is 4.90 Å². The summed E-state index contributed by atoms with van der Waals surface area (Å²) in [6.45, 7) is 1.16. The van der Waals surface area contributed by atoms with Crippen LogP contribution in [0.2, 0.25) is 0 Å². The second kappa shape index (κ2) is 6.93. The van der Waals surface area contributed by atoms with E-state index in [-0.39, 0.29) is 17.8 Å². The Morgan fingerprint density at radius 1 is 1.53 bits per heavy atom. The third-order valence-corrected chi connectivity index (χ3v) is 3.16. The van der Waals surface area contributed by atoms with Crippen molar-refractivity contribution < 1.29 is 14.7 Å². The van der Waals surface area contributed by atoms with Crippen molar-refractivity contribution in [3.05, 3.63) is 0 Å². The zero-order valence-electron chi connectivity index (χ0n) is 10.8. The van der Waals surface area contributed by atoms with E-state index in [2.05, 4.69) is 4.99 Å². The van der Waals surface area contributed by atoms with Crippen LogP contribution >= 0.6 is 0 Å². The maximum Gasteiger partial charge on any atom is 0.326 e. The van der Waals surface area contributed by atoms with E-state index in [0.29, 0.717) is 38.9 Å². The normalized spacial score (nSPS) is 20.4. The van der Waals surface area contributed by atoms with Crippen molar-refractivity contribution in [2.45, 2.75) is 25.3 Å². The summed E-state index contributed by atoms with van der Waals surface area (Å²) in [6, 6.07) is -0.821. The van der Waals surface area contributed by atoms with Gasteiger partial charge < -0.3 is 27.2 Å². The van der Waals surface area contributed by atoms with Crippen LogP contribution in [-0.2, 0) is 9.59 Å². The third-order valence-electron chi connectivity index (χ3n) is 3.16. The molecular formula is C11H21N5O3. The lowest BCUT2D eigenvalue weighted by molar-refractivity contribution is -0.148. The SMILES string of the molecule is NCC1CC(=O)N([C@H](CCCN=C(N)N)C(=O)O)C1. The van der Waals surface area contributed by atoms with Crippen LogP contribution in [-0.4, -0.2) is 53.5 Å². The minimum absolute atomic E-state index is 0.0210. The highest BCUT2D eigenvalue weighted by molar-refractivity contribution is 5.85. The number of likely N-dealkylation sites (tertiary alicyclic amines) is 1. The fourth-order valence-corrected chi connectivity index (χ4v) is 2.17. The second-order valence-electron chi connectivity index (χ2n) is 4.65. The molecule has 1 saturated heterocycles. The summed E-state index contributed by atoms with van der Waals surface area (Å²) >= 11 is 0. The molecule has 0 aromatic carbocycles. The van der Waals surface area contributed by atoms with Gasteiger partial charge in [0.1, 0.15) is 6.04 Å². The lowest BCUT2D eigenvalue weighted by Crippen LogP contribution is -2.42. The number of hydrogen-bond acceptors (Lipinski definition) is 4. The van der Waals surface area contributed by atoms with Gasteiger partial charge in [-0.3, -0.25) is 9.79 Å². The maximum atomic E-state index is 11.8. The molecule has 1 aliphatic rings. The molecule has 1 aliphatic heterocycles. The van der Waals surface area contributed by atoms with E-state index in [4.69, 9.17) is 17.2 Å². The van der Waals surface area contributed by atoms with Crippen LogP contribution in [0, 0.1) is 5.92 Å². The lowest BCUT2D eigenvalue weighted by Gasteiger charge is -2.24. The van der Waals surface area contributed by atoms with Crippen LogP contribution in [0.3, 0.4) is 0 Å². The summed E-state index contributed by atoms with van der Waals surface area (Å²) in [5, 5.41) is 9.21. The topological polar surface area (TPSA) is 148 Å². The number of carboxylic acids is 1. The maximum absolute atomic E-state index is 11.8. The molecule has 1 amide bonds. The van der Waals surface area contributed by atoms with Gasteiger partial charge in [0.15, 0.2) is 5.96 Å². The van der Waals surface area contributed by atoms with Crippen LogP contribution < -0.4 is 17.2 Å². The highest BCUT2D eigenvalue weighted by Crippen LogP contribution is 2.21. The van der Waals surface area contributed by atoms with Gasteiger partial charge in [-0.15, -0.1) is 0 Å². The first-order valence-corrected chi connectivity index (χ1v) is 6.23. The molecule has 0 saturated carbocycles. The summed E-state index contributed by atoms with van der Waals surface area (Å²) < 4.78 is 0. The van der Waals surface area contributed by atoms with Gasteiger partial charge in [-0.25, -0.2) is 4.79 Å². The Kier molecular flexibility index (Phi) is 5.56. The van der Waals surface area contributed by atoms with Gasteiger partial charge in [0.25, 0.3) is 0 Å². The molecule has 0 aromatic rings. The minimum Gasteiger partial charge on any atom is -0.480 e. The molecule has 2 atom stereocenters. The molecule has 19 heavy (non-hydrogen) atoms. The number of hydrogen-bond donors (Lipinski definition) is 4. The molecule has 0 bridgehead atoms. The van der Waals surface area contributed by atoms with Crippen molar-refractivity contribution in [1.29, 1.82) is 0 Å². The molecule has 8 heteroatoms. The highest BCUT2D eigenvalue weighted by Gasteiger charge is 2.36. The average molecular weight is 271 g/mol. The van der Waals surface area contributed by atoms with Crippen LogP contribution in [0.25, 0.3) is 0 Å². The number of aliphatic imine (C=N–C) groups is 1. The number of nitrogens with two attached hydrogens (primary N) is 3. The number of amides is 1. The number of carbonyl (C=O) groups is 2. The summed E-state index contributed by atoms with van der Waals surface area (Å²) in [5.41, 5.74) is 15.9. The number of carbonyl (C=O) groups excluding carboxylic acids is 1. The first-order chi connectivity index (χ1) is 8.95. The molecule has 1 rings (SSSR count). The molecule has 7 N–H and O–H groups in total. The fraction of sp³-hybridized carbons (Fsp3) is 0.727. The monoisotopic (exact) mass is 271 g/mol. The zero-order valence-corrected chi connectivity index (χ0v) is 10.8. The van der Waals surface area contributed by atoms with Crippen molar-refractivity contribution in [3.63, 3.8) is 0 Å². The van der Waals surface area contributed by atoms with Crippen LogP contribution in [0.1, 0.15) is 19.3 Å². The van der Waals surface area contributed by atoms with Crippen molar-refractivity contribution in [2.24, 2.45) is 28.1 Å². The predicted octanol–water partition coefficient (Wildman–Crippen LogP) is -1.70. The average Bonchev–Trinajstić information content (AvgIpc) is 2.69. The Labute approximate surface area is 111 Å². The number of guanidine groups is 1. The van der Waals surface area contributed by atoms with E-state index in [0.717, 1.165) is 0 Å². The summed E-state index contributed by atoms with van der Waals surface area (Å²) in [7, 11) is 0. The minimum atomic E-state index is -1.00. The first kappa shape index (κ1) is 15.2. The number of carboxylic acid groups (broad SMARTS) is 1. The van der Waals surface area contributed by atoms with Crippen molar-refractivity contribution in [3.8, 4) is 0 Å². The van der Waals surface area contributed by atoms with Gasteiger partial charge in [-0.05, 0) is 25.3 Å². The fourth-order valence-electron chi connectivity index (χ4n) is 2.17. The summed E-state index contributed by atoms with van der Waals surface area (Å²) in [4.78, 5) is 28.2. The Morgan fingerprint density at radius 3 is 2.68 bits per heavy atom. The third kappa shape index (κ3) is 4.40. The molecule has 108 valence electrons. The number of aliphatic carboxylic acids is 1. The summed E-state index contributed by atoms with van der Waals surface area (Å²) in [5.74, 6) is -1.13. The molecule has 1 fully saturated rings. The Hall–Kier alpha value is -1.83. The van der Waals surface area contributed by atoms with Gasteiger partial charge in [0.05, 0.1) is 0 Å². The Morgan fingerprint density at radius 2 is 2.21 bits per heavy atom. The van der Waals surface area contributed by atoms with E-state index >= 15 is 0 Å². The van der Waals surface area contributed by atoms with E-state index in [1.54, 1.807) is 0 Å². The molecule has 1 unspecified atom stereocenters. The zero-order chi connectivity index (χ0) is 14.4. The van der Waals surface area contributed by atoms with Crippen LogP contribution in [0.5, 0.6) is 0 Å². The summed E-state index contributed by atoms with van der Waals surface area (Å²) in [6.07, 6.45) is 1.16. The molecule has 1 heterocycles. The lowest BCUT2D eigenvalue weighted by atomic mass is 10.1. The van der Waals surface area contributed by atoms with Gasteiger partial charge in [-0.1, -0.05) is 0 Å². The largest absolute Gasteiger partial charge is 0.480 e. The van der Waals surface area contributed by atoms with E-state index in [1.807, 2.05) is 0 Å². The van der Waals surface area contributed by atoms with E-state index < -0.39 is 12.0 Å². The van der Waals surface area contributed by atoms with E-state index in [9.17, 15) is 14.7 Å². The predicted molar refractivity (Wildman–Crippen MR) is 70.2 cm³/mol. The Balaban J connectivity index is 2.55. The van der Waals surface area contributed by atoms with Gasteiger partial charge in [0.2, 0.25) is 5.91 Å². The van der Waals surface area contributed by atoms with Gasteiger partial charge in [0, 0.05) is 19.5 Å². The standard InChI is InChI=1S/C11H21N5O3/c12-5-7-4-9(17)16(6-7)8(10(18)19)2-1-3-15-11(13)14/h7-8H,1-6,12H2,(H,18,19)(H4,13,14,15)/t7?,8-/m1/s1. The molecule has 0 radical (unpaired) electrons. The molecule has 8 nitrogen and oxygen atoms in total. The first-order valence-electron chi connectivity index (χ1n) is 6.23. The molecular weight excluding hydrogens is 250 g/mol. The molecule has 0 aromatic heterocycles. The van der Waals surface area contributed by atoms with Crippen molar-refractivity contribution in [2.75, 3.05) is 19.6 Å². The van der Waals surface area contributed by atoms with Crippen molar-refractivity contribution >= 4 is 17.8 Å². The quantitative estimate of drug-likeness (QED) is 0.246. The molecule has 0 aliphatic carbocycles. The van der Waals surface area contributed by atoms with Gasteiger partial charge >= 0.3 is 5.97 Å². The second-order valence-corrected chi connectivity index (χ2v) is 4.65.